The number of pyridine rings is 1. The van der Waals surface area contributed by atoms with Crippen molar-refractivity contribution in [3.63, 3.8) is 0 Å². The van der Waals surface area contributed by atoms with Crippen molar-refractivity contribution < 1.29 is 49.8 Å². The van der Waals surface area contributed by atoms with E-state index in [4.69, 9.17) is 18.6 Å². The molecular formula is C29H32F6N4O5. The molecule has 0 bridgehead atoms. The summed E-state index contributed by atoms with van der Waals surface area (Å²) in [5, 5.41) is 9.37. The van der Waals surface area contributed by atoms with Crippen molar-refractivity contribution in [2.75, 3.05) is 5.32 Å². The molecule has 44 heavy (non-hydrogen) atoms. The molecular weight excluding hydrogens is 598 g/mol. The predicted molar refractivity (Wildman–Crippen MR) is 147 cm³/mol. The lowest BCUT2D eigenvalue weighted by Crippen LogP contribution is -2.44. The summed E-state index contributed by atoms with van der Waals surface area (Å²) >= 11 is 0. The second kappa shape index (κ2) is 13.2. The van der Waals surface area contributed by atoms with Crippen LogP contribution in [0.15, 0.2) is 53.5 Å². The minimum Gasteiger partial charge on any atom is -0.474 e. The Balaban J connectivity index is 2.18. The van der Waals surface area contributed by atoms with Gasteiger partial charge in [-0.1, -0.05) is 43.3 Å². The molecule has 240 valence electrons. The molecule has 3 aromatic rings. The van der Waals surface area contributed by atoms with E-state index in [-0.39, 0.29) is 6.42 Å². The molecule has 0 radical (unpaired) electrons. The van der Waals surface area contributed by atoms with Gasteiger partial charge < -0.3 is 18.6 Å². The third kappa shape index (κ3) is 8.27. The van der Waals surface area contributed by atoms with Gasteiger partial charge in [-0.2, -0.15) is 26.3 Å². The van der Waals surface area contributed by atoms with Gasteiger partial charge in [0.15, 0.2) is 5.69 Å². The van der Waals surface area contributed by atoms with Gasteiger partial charge >= 0.3 is 18.4 Å². The molecule has 0 spiro atoms. The zero-order valence-electron chi connectivity index (χ0n) is 24.6. The number of hydrogen-bond donors (Lipinski definition) is 1. The van der Waals surface area contributed by atoms with E-state index in [0.29, 0.717) is 11.6 Å². The molecule has 3 rings (SSSR count). The minimum atomic E-state index is -5.06. The molecule has 0 saturated carbocycles. The van der Waals surface area contributed by atoms with Crippen molar-refractivity contribution in [2.24, 2.45) is 0 Å². The standard InChI is InChI=1S/C29H32F6N4O5/c1-7-12-17(3)42-22-19(28(30,31)32)15-20(36-25(40)44-26(4,5)6)21(37-22)23-38-39-24(43-23)27(8-2,29(33,34)35)41-16-18-13-10-9-11-14-18/h7,9-11,13-15,17H,1,8,12,16H2,2-6H3,(H,36,40)/t17-,27+/m0/s1. The number of benzene rings is 1. The Morgan fingerprint density at radius 2 is 1.75 bits per heavy atom. The first kappa shape index (κ1) is 34.4. The van der Waals surface area contributed by atoms with Crippen LogP contribution >= 0.6 is 0 Å². The number of carbonyl (C=O) groups excluding carboxylic acids is 1. The van der Waals surface area contributed by atoms with Crippen LogP contribution in [0.4, 0.5) is 36.8 Å². The van der Waals surface area contributed by atoms with E-state index < -0.39 is 83.4 Å². The quantitative estimate of drug-likeness (QED) is 0.167. The van der Waals surface area contributed by atoms with E-state index in [1.54, 1.807) is 30.3 Å². The number of nitrogens with one attached hydrogen (secondary N) is 1. The Morgan fingerprint density at radius 1 is 1.09 bits per heavy atom. The first-order chi connectivity index (χ1) is 20.4. The Bertz CT molecular complexity index is 1440. The number of nitrogens with zero attached hydrogens (tertiary/aromatic N) is 3. The topological polar surface area (TPSA) is 109 Å². The zero-order chi connectivity index (χ0) is 32.9. The number of halogens is 6. The lowest BCUT2D eigenvalue weighted by atomic mass is 9.99. The third-order valence-electron chi connectivity index (χ3n) is 6.00. The van der Waals surface area contributed by atoms with E-state index in [2.05, 4.69) is 27.1 Å². The highest BCUT2D eigenvalue weighted by molar-refractivity contribution is 5.89. The molecule has 2 atom stereocenters. The highest BCUT2D eigenvalue weighted by atomic mass is 19.4. The summed E-state index contributed by atoms with van der Waals surface area (Å²) in [5.74, 6) is -2.70. The monoisotopic (exact) mass is 630 g/mol. The molecule has 15 heteroatoms. The fourth-order valence-corrected chi connectivity index (χ4v) is 3.92. The fourth-order valence-electron chi connectivity index (χ4n) is 3.92. The number of carbonyl (C=O) groups is 1. The Hall–Kier alpha value is -4.14. The van der Waals surface area contributed by atoms with Crippen LogP contribution in [0, 0.1) is 0 Å². The van der Waals surface area contributed by atoms with Crippen molar-refractivity contribution in [2.45, 2.75) is 83.7 Å². The van der Waals surface area contributed by atoms with Gasteiger partial charge in [0, 0.05) is 6.42 Å². The van der Waals surface area contributed by atoms with Gasteiger partial charge in [0.25, 0.3) is 11.8 Å². The lowest BCUT2D eigenvalue weighted by Gasteiger charge is -2.31. The largest absolute Gasteiger partial charge is 0.474 e. The molecule has 1 N–H and O–H groups in total. The number of hydrogen-bond acceptors (Lipinski definition) is 8. The number of ether oxygens (including phenoxy) is 3. The van der Waals surface area contributed by atoms with Crippen LogP contribution in [-0.4, -0.2) is 39.2 Å². The van der Waals surface area contributed by atoms with Crippen LogP contribution in [0.2, 0.25) is 0 Å². The SMILES string of the molecule is C=CC[C@H](C)Oc1nc(-c2nnc([C@@](CC)(OCc3ccccc3)C(F)(F)F)o2)c(NC(=O)OC(C)(C)C)cc1C(F)(F)F. The number of rotatable bonds is 11. The molecule has 2 heterocycles. The van der Waals surface area contributed by atoms with Crippen molar-refractivity contribution in [1.29, 1.82) is 0 Å². The fraction of sp³-hybridized carbons (Fsp3) is 0.448. The van der Waals surface area contributed by atoms with Crippen molar-refractivity contribution >= 4 is 11.8 Å². The average molecular weight is 631 g/mol. The van der Waals surface area contributed by atoms with Gasteiger partial charge in [-0.15, -0.1) is 16.8 Å². The molecule has 0 aliphatic rings. The van der Waals surface area contributed by atoms with E-state index in [1.807, 2.05) is 0 Å². The molecule has 9 nitrogen and oxygen atoms in total. The van der Waals surface area contributed by atoms with Crippen LogP contribution in [0.25, 0.3) is 11.6 Å². The van der Waals surface area contributed by atoms with Crippen LogP contribution in [0.5, 0.6) is 5.88 Å². The summed E-state index contributed by atoms with van der Waals surface area (Å²) in [5.41, 5.74) is -6.32. The normalized spacial score (nSPS) is 14.4. The highest BCUT2D eigenvalue weighted by Gasteiger charge is 2.60. The maximum atomic E-state index is 14.6. The Morgan fingerprint density at radius 3 is 2.30 bits per heavy atom. The van der Waals surface area contributed by atoms with Gasteiger partial charge in [0.1, 0.15) is 17.3 Å². The molecule has 2 aromatic heterocycles. The maximum absolute atomic E-state index is 14.6. The molecule has 0 aliphatic heterocycles. The first-order valence-electron chi connectivity index (χ1n) is 13.4. The Kier molecular flexibility index (Phi) is 10.3. The average Bonchev–Trinajstić information content (AvgIpc) is 3.38. The van der Waals surface area contributed by atoms with E-state index >= 15 is 0 Å². The van der Waals surface area contributed by atoms with Crippen LogP contribution < -0.4 is 10.1 Å². The second-order valence-corrected chi connectivity index (χ2v) is 10.7. The van der Waals surface area contributed by atoms with Crippen molar-refractivity contribution in [3.8, 4) is 17.5 Å². The van der Waals surface area contributed by atoms with Gasteiger partial charge in [-0.25, -0.2) is 9.78 Å². The number of anilines is 1. The Labute approximate surface area is 249 Å². The van der Waals surface area contributed by atoms with Crippen molar-refractivity contribution in [1.82, 2.24) is 15.2 Å². The lowest BCUT2D eigenvalue weighted by molar-refractivity contribution is -0.298. The molecule has 0 unspecified atom stereocenters. The second-order valence-electron chi connectivity index (χ2n) is 10.7. The van der Waals surface area contributed by atoms with E-state index in [1.165, 1.54) is 40.7 Å². The van der Waals surface area contributed by atoms with Crippen LogP contribution in [-0.2, 0) is 27.9 Å². The van der Waals surface area contributed by atoms with Gasteiger partial charge in [0.2, 0.25) is 11.5 Å². The summed E-state index contributed by atoms with van der Waals surface area (Å²) in [4.78, 5) is 16.5. The van der Waals surface area contributed by atoms with Crippen LogP contribution in [0.3, 0.4) is 0 Å². The summed E-state index contributed by atoms with van der Waals surface area (Å²) in [6.45, 7) is 10.3. The zero-order valence-corrected chi connectivity index (χ0v) is 24.6. The third-order valence-corrected chi connectivity index (χ3v) is 6.00. The first-order valence-corrected chi connectivity index (χ1v) is 13.4. The molecule has 1 aromatic carbocycles. The molecule has 0 saturated heterocycles. The summed E-state index contributed by atoms with van der Waals surface area (Å²) in [6.07, 6.45) is -11.2. The molecule has 0 fully saturated rings. The maximum Gasteiger partial charge on any atom is 0.426 e. The molecule has 1 amide bonds. The van der Waals surface area contributed by atoms with Gasteiger partial charge in [-0.05, 0) is 45.7 Å². The minimum absolute atomic E-state index is 0.139. The predicted octanol–water partition coefficient (Wildman–Crippen LogP) is 8.23. The van der Waals surface area contributed by atoms with Crippen molar-refractivity contribution in [3.05, 3.63) is 66.1 Å². The number of aromatic nitrogens is 3. The highest BCUT2D eigenvalue weighted by Crippen LogP contribution is 2.46. The smallest absolute Gasteiger partial charge is 0.426 e. The summed E-state index contributed by atoms with van der Waals surface area (Å²) in [7, 11) is 0. The number of alkyl halides is 6. The van der Waals surface area contributed by atoms with Gasteiger partial charge in [-0.3, -0.25) is 5.32 Å². The molecule has 0 aliphatic carbocycles. The van der Waals surface area contributed by atoms with E-state index in [9.17, 15) is 31.1 Å². The summed E-state index contributed by atoms with van der Waals surface area (Å²) < 4.78 is 107. The van der Waals surface area contributed by atoms with Crippen LogP contribution in [0.1, 0.15) is 64.5 Å². The number of amides is 1. The van der Waals surface area contributed by atoms with E-state index in [0.717, 1.165) is 0 Å². The van der Waals surface area contributed by atoms with Gasteiger partial charge in [0.05, 0.1) is 12.3 Å². The summed E-state index contributed by atoms with van der Waals surface area (Å²) in [6, 6.07) is 8.54.